The lowest BCUT2D eigenvalue weighted by Crippen LogP contribution is -2.25. The van der Waals surface area contributed by atoms with Crippen LogP contribution in [0.5, 0.6) is 0 Å². The van der Waals surface area contributed by atoms with E-state index in [4.69, 9.17) is 4.74 Å². The van der Waals surface area contributed by atoms with E-state index in [9.17, 15) is 4.79 Å². The van der Waals surface area contributed by atoms with Gasteiger partial charge in [-0.15, -0.1) is 11.3 Å². The molecule has 0 atom stereocenters. The summed E-state index contributed by atoms with van der Waals surface area (Å²) in [5.74, 6) is -0.118. The number of aryl methyl sites for hydroxylation is 1. The maximum atomic E-state index is 11.9. The van der Waals surface area contributed by atoms with Crippen molar-refractivity contribution in [1.82, 2.24) is 14.7 Å². The number of ether oxygens (including phenoxy) is 1. The number of thiazole rings is 1. The van der Waals surface area contributed by atoms with Gasteiger partial charge in [0, 0.05) is 37.0 Å². The summed E-state index contributed by atoms with van der Waals surface area (Å²) in [6, 6.07) is 0. The smallest absolute Gasteiger partial charge is 0.271 e. The SMILES string of the molecule is CCCCOCCCNC(=O)c1cn2cc(C)sc2n1. The Bertz CT molecular complexity index is 530. The van der Waals surface area contributed by atoms with Gasteiger partial charge in [-0.3, -0.25) is 9.20 Å². The number of nitrogens with one attached hydrogen (secondary N) is 1. The predicted octanol–water partition coefficient (Wildman–Crippen LogP) is 2.64. The van der Waals surface area contributed by atoms with Crippen molar-refractivity contribution in [2.75, 3.05) is 19.8 Å². The summed E-state index contributed by atoms with van der Waals surface area (Å²) in [6.45, 7) is 6.28. The van der Waals surface area contributed by atoms with Crippen molar-refractivity contribution in [2.24, 2.45) is 0 Å². The van der Waals surface area contributed by atoms with Gasteiger partial charge in [0.05, 0.1) is 0 Å². The Morgan fingerprint density at radius 1 is 1.40 bits per heavy atom. The molecule has 1 amide bonds. The van der Waals surface area contributed by atoms with Gasteiger partial charge in [-0.2, -0.15) is 0 Å². The van der Waals surface area contributed by atoms with Gasteiger partial charge in [-0.1, -0.05) is 13.3 Å². The predicted molar refractivity (Wildman–Crippen MR) is 80.5 cm³/mol. The number of unbranched alkanes of at least 4 members (excludes halogenated alkanes) is 1. The van der Waals surface area contributed by atoms with E-state index < -0.39 is 0 Å². The molecule has 0 radical (unpaired) electrons. The number of hydrogen-bond donors (Lipinski definition) is 1. The molecule has 20 heavy (non-hydrogen) atoms. The van der Waals surface area contributed by atoms with Crippen LogP contribution in [0.25, 0.3) is 4.96 Å². The fourth-order valence-corrected chi connectivity index (χ4v) is 2.64. The summed E-state index contributed by atoms with van der Waals surface area (Å²) in [7, 11) is 0. The molecule has 0 bridgehead atoms. The first-order chi connectivity index (χ1) is 9.70. The Morgan fingerprint density at radius 3 is 2.95 bits per heavy atom. The van der Waals surface area contributed by atoms with Crippen LogP contribution in [-0.2, 0) is 4.74 Å². The minimum Gasteiger partial charge on any atom is -0.381 e. The maximum absolute atomic E-state index is 11.9. The number of fused-ring (bicyclic) bond motifs is 1. The van der Waals surface area contributed by atoms with E-state index in [0.29, 0.717) is 18.8 Å². The Labute approximate surface area is 123 Å². The summed E-state index contributed by atoms with van der Waals surface area (Å²) < 4.78 is 7.33. The van der Waals surface area contributed by atoms with Crippen LogP contribution in [-0.4, -0.2) is 35.1 Å². The molecular formula is C14H21N3O2S. The van der Waals surface area contributed by atoms with E-state index >= 15 is 0 Å². The van der Waals surface area contributed by atoms with Crippen LogP contribution in [0.3, 0.4) is 0 Å². The lowest BCUT2D eigenvalue weighted by molar-refractivity contribution is 0.0936. The average molecular weight is 295 g/mol. The van der Waals surface area contributed by atoms with Gasteiger partial charge in [0.1, 0.15) is 5.69 Å². The lowest BCUT2D eigenvalue weighted by Gasteiger charge is -2.04. The molecule has 0 aliphatic rings. The summed E-state index contributed by atoms with van der Waals surface area (Å²) in [5, 5.41) is 2.87. The summed E-state index contributed by atoms with van der Waals surface area (Å²) >= 11 is 1.58. The highest BCUT2D eigenvalue weighted by Crippen LogP contribution is 2.16. The fraction of sp³-hybridized carbons (Fsp3) is 0.571. The van der Waals surface area contributed by atoms with E-state index in [2.05, 4.69) is 17.2 Å². The molecule has 0 fully saturated rings. The van der Waals surface area contributed by atoms with Crippen molar-refractivity contribution in [2.45, 2.75) is 33.1 Å². The van der Waals surface area contributed by atoms with Gasteiger partial charge >= 0.3 is 0 Å². The molecule has 1 N–H and O–H groups in total. The van der Waals surface area contributed by atoms with Crippen molar-refractivity contribution < 1.29 is 9.53 Å². The first-order valence-corrected chi connectivity index (χ1v) is 7.83. The third-order valence-electron chi connectivity index (χ3n) is 2.90. The number of rotatable bonds is 8. The highest BCUT2D eigenvalue weighted by Gasteiger charge is 2.11. The fourth-order valence-electron chi connectivity index (χ4n) is 1.84. The Hall–Kier alpha value is -1.40. The molecule has 0 spiro atoms. The molecule has 6 heteroatoms. The van der Waals surface area contributed by atoms with Crippen LogP contribution in [0.15, 0.2) is 12.4 Å². The van der Waals surface area contributed by atoms with E-state index in [-0.39, 0.29) is 5.91 Å². The van der Waals surface area contributed by atoms with Crippen LogP contribution >= 0.6 is 11.3 Å². The Balaban J connectivity index is 1.70. The zero-order valence-electron chi connectivity index (χ0n) is 12.0. The van der Waals surface area contributed by atoms with E-state index in [1.165, 1.54) is 4.88 Å². The van der Waals surface area contributed by atoms with E-state index in [0.717, 1.165) is 30.8 Å². The zero-order chi connectivity index (χ0) is 14.4. The van der Waals surface area contributed by atoms with E-state index in [1.54, 1.807) is 17.5 Å². The molecule has 2 rings (SSSR count). The van der Waals surface area contributed by atoms with E-state index in [1.807, 2.05) is 17.5 Å². The van der Waals surface area contributed by atoms with Crippen molar-refractivity contribution in [3.8, 4) is 0 Å². The minimum absolute atomic E-state index is 0.118. The molecule has 2 aromatic rings. The number of imidazole rings is 1. The first kappa shape index (κ1) is 15.0. The largest absolute Gasteiger partial charge is 0.381 e. The molecule has 0 saturated carbocycles. The number of aromatic nitrogens is 2. The number of carbonyl (C=O) groups excluding carboxylic acids is 1. The Kier molecular flexibility index (Phi) is 5.55. The monoisotopic (exact) mass is 295 g/mol. The van der Waals surface area contributed by atoms with Gasteiger partial charge in [0.15, 0.2) is 4.96 Å². The quantitative estimate of drug-likeness (QED) is 0.762. The number of hydrogen-bond acceptors (Lipinski definition) is 4. The average Bonchev–Trinajstić information content (AvgIpc) is 2.94. The van der Waals surface area contributed by atoms with Crippen molar-refractivity contribution >= 4 is 22.2 Å². The van der Waals surface area contributed by atoms with Gasteiger partial charge in [0.25, 0.3) is 5.91 Å². The van der Waals surface area contributed by atoms with Crippen LogP contribution in [0.4, 0.5) is 0 Å². The molecule has 0 saturated heterocycles. The molecule has 0 aliphatic carbocycles. The first-order valence-electron chi connectivity index (χ1n) is 7.01. The third-order valence-corrected chi connectivity index (χ3v) is 3.81. The highest BCUT2D eigenvalue weighted by molar-refractivity contribution is 7.17. The molecule has 0 aromatic carbocycles. The molecule has 110 valence electrons. The molecule has 5 nitrogen and oxygen atoms in total. The van der Waals surface area contributed by atoms with Gasteiger partial charge in [-0.25, -0.2) is 4.98 Å². The zero-order valence-corrected chi connectivity index (χ0v) is 12.8. The van der Waals surface area contributed by atoms with Crippen molar-refractivity contribution in [3.63, 3.8) is 0 Å². The lowest BCUT2D eigenvalue weighted by atomic mass is 10.3. The molecule has 0 unspecified atom stereocenters. The van der Waals surface area contributed by atoms with Crippen LogP contribution in [0.1, 0.15) is 41.6 Å². The van der Waals surface area contributed by atoms with Crippen molar-refractivity contribution in [1.29, 1.82) is 0 Å². The second-order valence-electron chi connectivity index (χ2n) is 4.73. The number of carbonyl (C=O) groups is 1. The molecular weight excluding hydrogens is 274 g/mol. The van der Waals surface area contributed by atoms with Crippen molar-refractivity contribution in [3.05, 3.63) is 23.0 Å². The molecule has 2 aromatic heterocycles. The standard InChI is InChI=1S/C14H21N3O2S/c1-3-4-7-19-8-5-6-15-13(18)12-10-17-9-11(2)20-14(17)16-12/h9-10H,3-8H2,1-2H3,(H,15,18). The van der Waals surface area contributed by atoms with Gasteiger partial charge in [0.2, 0.25) is 0 Å². The minimum atomic E-state index is -0.118. The third kappa shape index (κ3) is 4.05. The second kappa shape index (κ2) is 7.40. The summed E-state index contributed by atoms with van der Waals surface area (Å²) in [4.78, 5) is 18.3. The number of amides is 1. The topological polar surface area (TPSA) is 55.6 Å². The van der Waals surface area contributed by atoms with Gasteiger partial charge in [-0.05, 0) is 19.8 Å². The highest BCUT2D eigenvalue weighted by atomic mass is 32.1. The molecule has 0 aliphatic heterocycles. The number of nitrogens with zero attached hydrogens (tertiary/aromatic N) is 2. The maximum Gasteiger partial charge on any atom is 0.271 e. The van der Waals surface area contributed by atoms with Crippen LogP contribution < -0.4 is 5.32 Å². The normalized spacial score (nSPS) is 11.1. The Morgan fingerprint density at radius 2 is 2.20 bits per heavy atom. The van der Waals surface area contributed by atoms with Crippen LogP contribution in [0.2, 0.25) is 0 Å². The molecule has 2 heterocycles. The summed E-state index contributed by atoms with van der Waals surface area (Å²) in [6.07, 6.45) is 6.82. The van der Waals surface area contributed by atoms with Gasteiger partial charge < -0.3 is 10.1 Å². The second-order valence-corrected chi connectivity index (χ2v) is 5.95. The van der Waals surface area contributed by atoms with Crippen LogP contribution in [0, 0.1) is 6.92 Å². The summed E-state index contributed by atoms with van der Waals surface area (Å²) in [5.41, 5.74) is 0.475.